The zero-order valence-electron chi connectivity index (χ0n) is 7.60. The van der Waals surface area contributed by atoms with Gasteiger partial charge in [-0.3, -0.25) is 0 Å². The number of aromatic nitrogens is 1. The van der Waals surface area contributed by atoms with Crippen molar-refractivity contribution in [3.8, 4) is 5.88 Å². The second kappa shape index (κ2) is 4.68. The number of pyridine rings is 1. The predicted molar refractivity (Wildman–Crippen MR) is 54.7 cm³/mol. The molecule has 0 atom stereocenters. The van der Waals surface area contributed by atoms with Crippen LogP contribution in [0.3, 0.4) is 0 Å². The van der Waals surface area contributed by atoms with Gasteiger partial charge in [0, 0.05) is 11.3 Å². The van der Waals surface area contributed by atoms with Crippen molar-refractivity contribution in [1.29, 1.82) is 0 Å². The molecule has 0 amide bonds. The first-order valence-electron chi connectivity index (χ1n) is 4.03. The van der Waals surface area contributed by atoms with Gasteiger partial charge in [-0.2, -0.15) is 0 Å². The van der Waals surface area contributed by atoms with Crippen molar-refractivity contribution in [3.05, 3.63) is 22.3 Å². The molecular formula is C9H11Cl2NO. The molecule has 0 aliphatic heterocycles. The first-order chi connectivity index (χ1) is 6.19. The van der Waals surface area contributed by atoms with Crippen molar-refractivity contribution in [2.24, 2.45) is 0 Å². The van der Waals surface area contributed by atoms with Gasteiger partial charge in [-0.05, 0) is 19.9 Å². The average Bonchev–Trinajstić information content (AvgIpc) is 2.04. The zero-order valence-corrected chi connectivity index (χ0v) is 9.11. The summed E-state index contributed by atoms with van der Waals surface area (Å²) in [6.45, 7) is 4.33. The van der Waals surface area contributed by atoms with Gasteiger partial charge in [0.2, 0.25) is 5.88 Å². The molecule has 0 bridgehead atoms. The number of rotatable bonds is 3. The van der Waals surface area contributed by atoms with E-state index in [1.54, 1.807) is 6.07 Å². The number of hydrogen-bond acceptors (Lipinski definition) is 2. The molecule has 0 aliphatic carbocycles. The van der Waals surface area contributed by atoms with Gasteiger partial charge in [0.15, 0.2) is 0 Å². The molecule has 4 heteroatoms. The second-order valence-electron chi connectivity index (χ2n) is 2.60. The van der Waals surface area contributed by atoms with Gasteiger partial charge in [0.05, 0.1) is 17.5 Å². The number of alkyl halides is 1. The van der Waals surface area contributed by atoms with E-state index in [-0.39, 0.29) is 0 Å². The largest absolute Gasteiger partial charge is 0.478 e. The standard InChI is InChI=1S/C9H11Cl2NO/c1-3-13-9-7(5-10)8(11)4-6(2)12-9/h4H,3,5H2,1-2H3. The van der Waals surface area contributed by atoms with Crippen molar-refractivity contribution in [3.63, 3.8) is 0 Å². The highest BCUT2D eigenvalue weighted by atomic mass is 35.5. The van der Waals surface area contributed by atoms with Crippen LogP contribution >= 0.6 is 23.2 Å². The molecule has 13 heavy (non-hydrogen) atoms. The van der Waals surface area contributed by atoms with E-state index in [4.69, 9.17) is 27.9 Å². The van der Waals surface area contributed by atoms with E-state index < -0.39 is 0 Å². The summed E-state index contributed by atoms with van der Waals surface area (Å²) in [7, 11) is 0. The Morgan fingerprint density at radius 1 is 1.54 bits per heavy atom. The molecule has 1 aromatic heterocycles. The van der Waals surface area contributed by atoms with E-state index >= 15 is 0 Å². The van der Waals surface area contributed by atoms with Crippen LogP contribution in [-0.4, -0.2) is 11.6 Å². The third kappa shape index (κ3) is 2.48. The van der Waals surface area contributed by atoms with Gasteiger partial charge in [-0.25, -0.2) is 4.98 Å². The molecule has 0 saturated carbocycles. The lowest BCUT2D eigenvalue weighted by molar-refractivity contribution is 0.323. The van der Waals surface area contributed by atoms with Gasteiger partial charge >= 0.3 is 0 Å². The van der Waals surface area contributed by atoms with Crippen LogP contribution in [0.25, 0.3) is 0 Å². The summed E-state index contributed by atoms with van der Waals surface area (Å²) in [5.41, 5.74) is 1.60. The fraction of sp³-hybridized carbons (Fsp3) is 0.444. The Bertz CT molecular complexity index is 302. The number of hydrogen-bond donors (Lipinski definition) is 0. The van der Waals surface area contributed by atoms with Gasteiger partial charge in [-0.15, -0.1) is 11.6 Å². The van der Waals surface area contributed by atoms with Crippen LogP contribution in [-0.2, 0) is 5.88 Å². The van der Waals surface area contributed by atoms with Crippen LogP contribution in [0.15, 0.2) is 6.07 Å². The first kappa shape index (κ1) is 10.6. The minimum Gasteiger partial charge on any atom is -0.478 e. The highest BCUT2D eigenvalue weighted by Crippen LogP contribution is 2.27. The van der Waals surface area contributed by atoms with E-state index in [0.717, 1.165) is 11.3 Å². The fourth-order valence-corrected chi connectivity index (χ4v) is 1.64. The van der Waals surface area contributed by atoms with Crippen LogP contribution in [0.2, 0.25) is 5.02 Å². The van der Waals surface area contributed by atoms with E-state index in [0.29, 0.717) is 23.4 Å². The lowest BCUT2D eigenvalue weighted by atomic mass is 10.2. The first-order valence-corrected chi connectivity index (χ1v) is 4.95. The molecule has 72 valence electrons. The monoisotopic (exact) mass is 219 g/mol. The predicted octanol–water partition coefficient (Wildman–Crippen LogP) is 3.18. The third-order valence-electron chi connectivity index (χ3n) is 1.57. The summed E-state index contributed by atoms with van der Waals surface area (Å²) >= 11 is 11.7. The summed E-state index contributed by atoms with van der Waals surface area (Å²) in [4.78, 5) is 4.20. The van der Waals surface area contributed by atoms with Gasteiger partial charge in [0.1, 0.15) is 0 Å². The maximum Gasteiger partial charge on any atom is 0.219 e. The van der Waals surface area contributed by atoms with E-state index in [2.05, 4.69) is 4.98 Å². The van der Waals surface area contributed by atoms with Crippen LogP contribution in [0.5, 0.6) is 5.88 Å². The van der Waals surface area contributed by atoms with E-state index in [1.165, 1.54) is 0 Å². The Hall–Kier alpha value is -0.470. The number of ether oxygens (including phenoxy) is 1. The molecule has 0 unspecified atom stereocenters. The maximum atomic E-state index is 5.97. The van der Waals surface area contributed by atoms with Crippen molar-refractivity contribution in [2.75, 3.05) is 6.61 Å². The number of nitrogens with zero attached hydrogens (tertiary/aromatic N) is 1. The van der Waals surface area contributed by atoms with Crippen molar-refractivity contribution < 1.29 is 4.74 Å². The molecule has 0 radical (unpaired) electrons. The Labute approximate surface area is 87.8 Å². The van der Waals surface area contributed by atoms with Crippen molar-refractivity contribution in [2.45, 2.75) is 19.7 Å². The fourth-order valence-electron chi connectivity index (χ4n) is 1.01. The summed E-state index contributed by atoms with van der Waals surface area (Å²) in [6, 6.07) is 1.78. The van der Waals surface area contributed by atoms with E-state index in [1.807, 2.05) is 13.8 Å². The van der Waals surface area contributed by atoms with Crippen LogP contribution in [0.4, 0.5) is 0 Å². The molecule has 2 nitrogen and oxygen atoms in total. The van der Waals surface area contributed by atoms with Crippen molar-refractivity contribution in [1.82, 2.24) is 4.98 Å². The molecular weight excluding hydrogens is 209 g/mol. The molecule has 1 rings (SSSR count). The number of aryl methyl sites for hydroxylation is 1. The third-order valence-corrected chi connectivity index (χ3v) is 2.18. The SMILES string of the molecule is CCOc1nc(C)cc(Cl)c1CCl. The zero-order chi connectivity index (χ0) is 9.84. The molecule has 1 aromatic rings. The Kier molecular flexibility index (Phi) is 3.82. The Morgan fingerprint density at radius 3 is 2.77 bits per heavy atom. The molecule has 0 aliphatic rings. The highest BCUT2D eigenvalue weighted by molar-refractivity contribution is 6.32. The average molecular weight is 220 g/mol. The van der Waals surface area contributed by atoms with Gasteiger partial charge < -0.3 is 4.74 Å². The molecule has 0 aromatic carbocycles. The summed E-state index contributed by atoms with van der Waals surface area (Å²) in [5.74, 6) is 0.865. The highest BCUT2D eigenvalue weighted by Gasteiger charge is 2.09. The Morgan fingerprint density at radius 2 is 2.23 bits per heavy atom. The molecule has 0 spiro atoms. The quantitative estimate of drug-likeness (QED) is 0.730. The van der Waals surface area contributed by atoms with Crippen LogP contribution in [0.1, 0.15) is 18.2 Å². The normalized spacial score (nSPS) is 10.2. The Balaban J connectivity index is 3.13. The van der Waals surface area contributed by atoms with E-state index in [9.17, 15) is 0 Å². The molecule has 1 heterocycles. The topological polar surface area (TPSA) is 22.1 Å². The summed E-state index contributed by atoms with van der Waals surface area (Å²) < 4.78 is 5.31. The van der Waals surface area contributed by atoms with Gasteiger partial charge in [0.25, 0.3) is 0 Å². The molecule has 0 N–H and O–H groups in total. The lowest BCUT2D eigenvalue weighted by Gasteiger charge is -2.09. The molecule has 0 fully saturated rings. The summed E-state index contributed by atoms with van der Waals surface area (Å²) in [6.07, 6.45) is 0. The maximum absolute atomic E-state index is 5.97. The van der Waals surface area contributed by atoms with Gasteiger partial charge in [-0.1, -0.05) is 11.6 Å². The van der Waals surface area contributed by atoms with Crippen molar-refractivity contribution >= 4 is 23.2 Å². The minimum absolute atomic E-state index is 0.321. The number of halogens is 2. The van der Waals surface area contributed by atoms with Crippen LogP contribution in [0, 0.1) is 6.92 Å². The van der Waals surface area contributed by atoms with Crippen LogP contribution < -0.4 is 4.74 Å². The second-order valence-corrected chi connectivity index (χ2v) is 3.27. The summed E-state index contributed by atoms with van der Waals surface area (Å²) in [5, 5.41) is 0.617. The smallest absolute Gasteiger partial charge is 0.219 e. The lowest BCUT2D eigenvalue weighted by Crippen LogP contribution is -2.00. The minimum atomic E-state index is 0.321. The molecule has 0 saturated heterocycles.